The predicted octanol–water partition coefficient (Wildman–Crippen LogP) is 7.47. The van der Waals surface area contributed by atoms with Crippen LogP contribution in [0.3, 0.4) is 0 Å². The van der Waals surface area contributed by atoms with Gasteiger partial charge in [0.1, 0.15) is 17.7 Å². The molecule has 0 radical (unpaired) electrons. The zero-order valence-corrected chi connectivity index (χ0v) is 23.6. The van der Waals surface area contributed by atoms with Crippen LogP contribution in [0, 0.1) is 17.0 Å². The summed E-state index contributed by atoms with van der Waals surface area (Å²) >= 11 is 7.34. The Bertz CT molecular complexity index is 1640. The summed E-state index contributed by atoms with van der Waals surface area (Å²) in [6, 6.07) is 27.1. The van der Waals surface area contributed by atoms with Crippen molar-refractivity contribution in [1.29, 1.82) is 0 Å². The van der Waals surface area contributed by atoms with Crippen LogP contribution in [0.5, 0.6) is 11.5 Å². The van der Waals surface area contributed by atoms with E-state index in [1.54, 1.807) is 12.1 Å². The molecule has 40 heavy (non-hydrogen) atoms. The molecule has 1 atom stereocenters. The lowest BCUT2D eigenvalue weighted by Gasteiger charge is -2.17. The molecule has 8 nitrogen and oxygen atoms in total. The molecular formula is C30H27ClN4O4S. The van der Waals surface area contributed by atoms with E-state index in [9.17, 15) is 10.1 Å². The summed E-state index contributed by atoms with van der Waals surface area (Å²) in [6.07, 6.45) is 0. The third kappa shape index (κ3) is 6.38. The van der Waals surface area contributed by atoms with Crippen molar-refractivity contribution in [3.05, 3.63) is 117 Å². The number of aryl methyl sites for hydroxylation is 1. The van der Waals surface area contributed by atoms with Crippen molar-refractivity contribution >= 4 is 34.1 Å². The second-order valence-electron chi connectivity index (χ2n) is 9.07. The maximum absolute atomic E-state index is 11.7. The lowest BCUT2D eigenvalue weighted by molar-refractivity contribution is -0.479. The van der Waals surface area contributed by atoms with Crippen LogP contribution in [0.15, 0.2) is 90.1 Å². The fraction of sp³-hybridized carbons (Fsp3) is 0.200. The third-order valence-corrected chi connectivity index (χ3v) is 7.72. The van der Waals surface area contributed by atoms with Gasteiger partial charge in [-0.3, -0.25) is 14.7 Å². The minimum absolute atomic E-state index is 0.306. The van der Waals surface area contributed by atoms with Crippen LogP contribution in [0.25, 0.3) is 16.5 Å². The Kier molecular flexibility index (Phi) is 8.52. The molecule has 4 aromatic carbocycles. The number of halogens is 1. The van der Waals surface area contributed by atoms with Gasteiger partial charge in [-0.2, -0.15) is 0 Å². The zero-order valence-electron chi connectivity index (χ0n) is 22.0. The number of fused-ring (bicyclic) bond motifs is 1. The van der Waals surface area contributed by atoms with Crippen molar-refractivity contribution in [3.63, 3.8) is 0 Å². The summed E-state index contributed by atoms with van der Waals surface area (Å²) in [5.74, 6) is 1.77. The summed E-state index contributed by atoms with van der Waals surface area (Å²) in [5, 5.41) is 23.1. The van der Waals surface area contributed by atoms with Gasteiger partial charge in [-0.1, -0.05) is 65.8 Å². The molecule has 5 aromatic rings. The van der Waals surface area contributed by atoms with Gasteiger partial charge in [-0.05, 0) is 78.2 Å². The summed E-state index contributed by atoms with van der Waals surface area (Å²) in [4.78, 5) is 11.4. The largest absolute Gasteiger partial charge is 0.490 e. The first-order valence-corrected chi connectivity index (χ1v) is 14.0. The van der Waals surface area contributed by atoms with E-state index in [1.165, 1.54) is 17.1 Å². The molecule has 0 spiro atoms. The maximum atomic E-state index is 11.7. The SMILES string of the molecule is CCOc1cc([C@@H](C[N+](=O)[O-])Sc2nnc(C)n2-c2ccc(Cl)cc2)ccc1OCc1ccc2ccccc2c1. The Labute approximate surface area is 241 Å². The number of benzene rings is 4. The van der Waals surface area contributed by atoms with Gasteiger partial charge < -0.3 is 9.47 Å². The quantitative estimate of drug-likeness (QED) is 0.0917. The Morgan fingerprint density at radius 1 is 0.950 bits per heavy atom. The van der Waals surface area contributed by atoms with Crippen LogP contribution in [-0.4, -0.2) is 32.8 Å². The number of nitrogens with zero attached hydrogens (tertiary/aromatic N) is 4. The molecular weight excluding hydrogens is 548 g/mol. The molecule has 0 saturated carbocycles. The fourth-order valence-electron chi connectivity index (χ4n) is 4.38. The van der Waals surface area contributed by atoms with E-state index in [0.717, 1.165) is 22.2 Å². The molecule has 0 aliphatic carbocycles. The van der Waals surface area contributed by atoms with Gasteiger partial charge in [0.15, 0.2) is 16.7 Å². The highest BCUT2D eigenvalue weighted by molar-refractivity contribution is 7.99. The minimum Gasteiger partial charge on any atom is -0.490 e. The van der Waals surface area contributed by atoms with Crippen molar-refractivity contribution in [2.24, 2.45) is 0 Å². The molecule has 0 aliphatic rings. The van der Waals surface area contributed by atoms with Crippen molar-refractivity contribution in [1.82, 2.24) is 14.8 Å². The van der Waals surface area contributed by atoms with Crippen molar-refractivity contribution in [2.75, 3.05) is 13.2 Å². The highest BCUT2D eigenvalue weighted by Gasteiger charge is 2.25. The minimum atomic E-state index is -0.543. The fourth-order valence-corrected chi connectivity index (χ4v) is 5.67. The highest BCUT2D eigenvalue weighted by Crippen LogP contribution is 2.40. The second-order valence-corrected chi connectivity index (χ2v) is 10.7. The van der Waals surface area contributed by atoms with Crippen LogP contribution < -0.4 is 9.47 Å². The van der Waals surface area contributed by atoms with Gasteiger partial charge >= 0.3 is 0 Å². The Balaban J connectivity index is 1.41. The lowest BCUT2D eigenvalue weighted by atomic mass is 10.1. The van der Waals surface area contributed by atoms with E-state index < -0.39 is 5.25 Å². The molecule has 10 heteroatoms. The van der Waals surface area contributed by atoms with E-state index in [-0.39, 0.29) is 11.5 Å². The number of hydrogen-bond donors (Lipinski definition) is 0. The van der Waals surface area contributed by atoms with Gasteiger partial charge in [0.25, 0.3) is 0 Å². The summed E-state index contributed by atoms with van der Waals surface area (Å²) in [5.41, 5.74) is 2.58. The van der Waals surface area contributed by atoms with Gasteiger partial charge in [0.2, 0.25) is 6.54 Å². The number of hydrogen-bond acceptors (Lipinski definition) is 7. The van der Waals surface area contributed by atoms with E-state index in [1.807, 2.05) is 66.9 Å². The normalized spacial score (nSPS) is 11.9. The second kappa shape index (κ2) is 12.4. The first-order chi connectivity index (χ1) is 19.4. The molecule has 1 heterocycles. The first-order valence-electron chi connectivity index (χ1n) is 12.7. The van der Waals surface area contributed by atoms with Crippen LogP contribution in [0.1, 0.15) is 29.1 Å². The molecule has 0 amide bonds. The average Bonchev–Trinajstić information content (AvgIpc) is 3.31. The standard InChI is InChI=1S/C30H27ClN4O4S/c1-3-38-28-17-24(10-15-27(28)39-19-21-8-9-22-6-4-5-7-23(22)16-21)29(18-34(36)37)40-30-33-32-20(2)35(30)26-13-11-25(31)12-14-26/h4-17,29H,3,18-19H2,1-2H3/t29-/m1/s1. The monoisotopic (exact) mass is 574 g/mol. The van der Waals surface area contributed by atoms with Crippen LogP contribution in [-0.2, 0) is 6.61 Å². The molecule has 0 fully saturated rings. The maximum Gasteiger partial charge on any atom is 0.220 e. The highest BCUT2D eigenvalue weighted by atomic mass is 35.5. The number of thioether (sulfide) groups is 1. The molecule has 0 N–H and O–H groups in total. The third-order valence-electron chi connectivity index (χ3n) is 6.29. The van der Waals surface area contributed by atoms with Gasteiger partial charge in [-0.25, -0.2) is 0 Å². The zero-order chi connectivity index (χ0) is 28.1. The topological polar surface area (TPSA) is 92.3 Å². The Morgan fingerprint density at radius 3 is 2.48 bits per heavy atom. The lowest BCUT2D eigenvalue weighted by Crippen LogP contribution is -2.11. The van der Waals surface area contributed by atoms with E-state index in [0.29, 0.717) is 40.7 Å². The van der Waals surface area contributed by atoms with E-state index in [2.05, 4.69) is 34.5 Å². The Morgan fingerprint density at radius 2 is 1.73 bits per heavy atom. The van der Waals surface area contributed by atoms with E-state index >= 15 is 0 Å². The van der Waals surface area contributed by atoms with Crippen LogP contribution in [0.2, 0.25) is 5.02 Å². The van der Waals surface area contributed by atoms with Crippen molar-refractivity contribution < 1.29 is 14.4 Å². The molecule has 0 aliphatic heterocycles. The number of aromatic nitrogens is 3. The smallest absolute Gasteiger partial charge is 0.220 e. The van der Waals surface area contributed by atoms with Gasteiger partial charge in [0.05, 0.1) is 6.61 Å². The summed E-state index contributed by atoms with van der Waals surface area (Å²) in [6.45, 7) is 4.21. The summed E-state index contributed by atoms with van der Waals surface area (Å²) < 4.78 is 13.9. The van der Waals surface area contributed by atoms with Crippen molar-refractivity contribution in [2.45, 2.75) is 30.9 Å². The van der Waals surface area contributed by atoms with E-state index in [4.69, 9.17) is 21.1 Å². The molecule has 0 bridgehead atoms. The van der Waals surface area contributed by atoms with Crippen LogP contribution >= 0.6 is 23.4 Å². The van der Waals surface area contributed by atoms with Crippen LogP contribution in [0.4, 0.5) is 0 Å². The van der Waals surface area contributed by atoms with Gasteiger partial charge in [0, 0.05) is 15.6 Å². The molecule has 5 rings (SSSR count). The number of nitro groups is 1. The first kappa shape index (κ1) is 27.5. The molecule has 204 valence electrons. The van der Waals surface area contributed by atoms with Gasteiger partial charge in [-0.15, -0.1) is 10.2 Å². The Hall–Kier alpha value is -4.08. The molecule has 0 unspecified atom stereocenters. The molecule has 0 saturated heterocycles. The number of ether oxygens (including phenoxy) is 2. The predicted molar refractivity (Wildman–Crippen MR) is 157 cm³/mol. The van der Waals surface area contributed by atoms with Crippen molar-refractivity contribution in [3.8, 4) is 17.2 Å². The summed E-state index contributed by atoms with van der Waals surface area (Å²) in [7, 11) is 0. The molecule has 1 aromatic heterocycles. The average molecular weight is 575 g/mol. The number of rotatable bonds is 11.